The molecule has 0 spiro atoms. The maximum atomic E-state index is 12.3. The van der Waals surface area contributed by atoms with Crippen LogP contribution in [0.3, 0.4) is 0 Å². The minimum absolute atomic E-state index is 0.540. The van der Waals surface area contributed by atoms with Crippen LogP contribution in [0, 0.1) is 0 Å². The largest absolute Gasteiger partial charge is 0.417 e. The van der Waals surface area contributed by atoms with E-state index in [1.807, 2.05) is 12.1 Å². The summed E-state index contributed by atoms with van der Waals surface area (Å²) in [6.07, 6.45) is -1.82. The molecule has 2 nitrogen and oxygen atoms in total. The van der Waals surface area contributed by atoms with Crippen molar-refractivity contribution in [1.29, 1.82) is 0 Å². The lowest BCUT2D eigenvalue weighted by molar-refractivity contribution is -0.137. The summed E-state index contributed by atoms with van der Waals surface area (Å²) in [5, 5.41) is 0.540. The fraction of sp³-hybridized carbons (Fsp3) is 0.167. The highest BCUT2D eigenvalue weighted by Crippen LogP contribution is 2.30. The van der Waals surface area contributed by atoms with Gasteiger partial charge in [-0.1, -0.05) is 0 Å². The number of alkyl halides is 3. The monoisotopic (exact) mass is 348 g/mol. The molecule has 2 aromatic rings. The SMILES string of the molecule is FC(F)(F)c1ccc(SCc2ccc(Br)cn2)nc1. The Morgan fingerprint density at radius 2 is 1.84 bits per heavy atom. The second-order valence-corrected chi connectivity index (χ2v) is 5.55. The molecule has 2 heterocycles. The Labute approximate surface area is 120 Å². The summed E-state index contributed by atoms with van der Waals surface area (Å²) in [6, 6.07) is 6.11. The molecule has 19 heavy (non-hydrogen) atoms. The minimum Gasteiger partial charge on any atom is -0.259 e. The van der Waals surface area contributed by atoms with Gasteiger partial charge in [0.2, 0.25) is 0 Å². The Morgan fingerprint density at radius 3 is 2.37 bits per heavy atom. The predicted molar refractivity (Wildman–Crippen MR) is 70.7 cm³/mol. The van der Waals surface area contributed by atoms with E-state index in [0.717, 1.165) is 22.4 Å². The van der Waals surface area contributed by atoms with Gasteiger partial charge in [-0.15, -0.1) is 11.8 Å². The van der Waals surface area contributed by atoms with E-state index in [1.54, 1.807) is 6.20 Å². The molecule has 0 unspecified atom stereocenters. The van der Waals surface area contributed by atoms with Crippen LogP contribution in [-0.4, -0.2) is 9.97 Å². The van der Waals surface area contributed by atoms with Gasteiger partial charge in [-0.2, -0.15) is 13.2 Å². The quantitative estimate of drug-likeness (QED) is 0.761. The summed E-state index contributed by atoms with van der Waals surface area (Å²) in [7, 11) is 0. The van der Waals surface area contributed by atoms with E-state index in [9.17, 15) is 13.2 Å². The molecule has 0 saturated carbocycles. The van der Waals surface area contributed by atoms with E-state index < -0.39 is 11.7 Å². The van der Waals surface area contributed by atoms with E-state index >= 15 is 0 Å². The minimum atomic E-state index is -4.34. The lowest BCUT2D eigenvalue weighted by atomic mass is 10.3. The second kappa shape index (κ2) is 5.92. The van der Waals surface area contributed by atoms with Gasteiger partial charge in [0.25, 0.3) is 0 Å². The van der Waals surface area contributed by atoms with Crippen molar-refractivity contribution in [3.05, 3.63) is 52.4 Å². The second-order valence-electron chi connectivity index (χ2n) is 3.64. The molecule has 0 atom stereocenters. The Balaban J connectivity index is 1.98. The van der Waals surface area contributed by atoms with Crippen LogP contribution in [0.1, 0.15) is 11.3 Å². The molecule has 0 fully saturated rings. The Morgan fingerprint density at radius 1 is 1.05 bits per heavy atom. The summed E-state index contributed by atoms with van der Waals surface area (Å²) in [6.45, 7) is 0. The molecular weight excluding hydrogens is 341 g/mol. The third-order valence-corrected chi connectivity index (χ3v) is 3.67. The molecule has 0 radical (unpaired) electrons. The van der Waals surface area contributed by atoms with Gasteiger partial charge in [-0.05, 0) is 40.2 Å². The molecule has 0 saturated heterocycles. The summed E-state index contributed by atoms with van der Waals surface area (Å²) in [4.78, 5) is 7.96. The molecule has 7 heteroatoms. The number of hydrogen-bond acceptors (Lipinski definition) is 3. The lowest BCUT2D eigenvalue weighted by Gasteiger charge is -2.06. The highest BCUT2D eigenvalue weighted by molar-refractivity contribution is 9.10. The Bertz CT molecular complexity index is 540. The first-order valence-corrected chi connectivity index (χ1v) is 6.99. The van der Waals surface area contributed by atoms with E-state index in [4.69, 9.17) is 0 Å². The van der Waals surface area contributed by atoms with Crippen molar-refractivity contribution in [2.75, 3.05) is 0 Å². The molecule has 0 amide bonds. The summed E-state index contributed by atoms with van der Waals surface area (Å²) in [5.41, 5.74) is 0.105. The van der Waals surface area contributed by atoms with Gasteiger partial charge >= 0.3 is 6.18 Å². The summed E-state index contributed by atoms with van der Waals surface area (Å²) < 4.78 is 37.9. The van der Waals surface area contributed by atoms with Gasteiger partial charge in [-0.25, -0.2) is 4.98 Å². The van der Waals surface area contributed by atoms with Crippen LogP contribution in [0.25, 0.3) is 0 Å². The molecule has 0 aliphatic carbocycles. The van der Waals surface area contributed by atoms with Gasteiger partial charge in [0.1, 0.15) is 0 Å². The maximum absolute atomic E-state index is 12.3. The van der Waals surface area contributed by atoms with Gasteiger partial charge in [0.05, 0.1) is 16.3 Å². The van der Waals surface area contributed by atoms with Crippen LogP contribution in [-0.2, 0) is 11.9 Å². The van der Waals surface area contributed by atoms with Crippen LogP contribution < -0.4 is 0 Å². The van der Waals surface area contributed by atoms with Crippen molar-refractivity contribution >= 4 is 27.7 Å². The van der Waals surface area contributed by atoms with Crippen molar-refractivity contribution in [2.24, 2.45) is 0 Å². The highest BCUT2D eigenvalue weighted by Gasteiger charge is 2.30. The zero-order chi connectivity index (χ0) is 13.9. The number of hydrogen-bond donors (Lipinski definition) is 0. The number of halogens is 4. The van der Waals surface area contributed by atoms with Gasteiger partial charge in [-0.3, -0.25) is 4.98 Å². The summed E-state index contributed by atoms with van der Waals surface area (Å²) in [5.74, 6) is 0.561. The number of rotatable bonds is 3. The normalized spacial score (nSPS) is 11.6. The van der Waals surface area contributed by atoms with Gasteiger partial charge in [0.15, 0.2) is 0 Å². The fourth-order valence-electron chi connectivity index (χ4n) is 1.27. The highest BCUT2D eigenvalue weighted by atomic mass is 79.9. The average Bonchev–Trinajstić information content (AvgIpc) is 2.37. The maximum Gasteiger partial charge on any atom is 0.417 e. The van der Waals surface area contributed by atoms with Crippen LogP contribution in [0.2, 0.25) is 0 Å². The van der Waals surface area contributed by atoms with Gasteiger partial charge in [0, 0.05) is 22.6 Å². The van der Waals surface area contributed by atoms with Crippen molar-refractivity contribution in [3.63, 3.8) is 0 Å². The van der Waals surface area contributed by atoms with Crippen LogP contribution in [0.4, 0.5) is 13.2 Å². The number of nitrogens with zero attached hydrogens (tertiary/aromatic N) is 2. The summed E-state index contributed by atoms with van der Waals surface area (Å²) >= 11 is 4.62. The Kier molecular flexibility index (Phi) is 4.46. The Hall–Kier alpha value is -1.08. The molecule has 0 aliphatic heterocycles. The molecule has 2 aromatic heterocycles. The number of aromatic nitrogens is 2. The molecule has 2 rings (SSSR count). The molecule has 0 bridgehead atoms. The van der Waals surface area contributed by atoms with Crippen molar-refractivity contribution in [3.8, 4) is 0 Å². The first kappa shape index (κ1) is 14.3. The smallest absolute Gasteiger partial charge is 0.259 e. The van der Waals surface area contributed by atoms with E-state index in [0.29, 0.717) is 10.8 Å². The first-order valence-electron chi connectivity index (χ1n) is 5.21. The van der Waals surface area contributed by atoms with Crippen molar-refractivity contribution in [2.45, 2.75) is 17.0 Å². The lowest BCUT2D eigenvalue weighted by Crippen LogP contribution is -2.05. The molecule has 0 N–H and O–H groups in total. The third-order valence-electron chi connectivity index (χ3n) is 2.22. The average molecular weight is 349 g/mol. The van der Waals surface area contributed by atoms with Crippen molar-refractivity contribution in [1.82, 2.24) is 9.97 Å². The number of thioether (sulfide) groups is 1. The zero-order valence-corrected chi connectivity index (χ0v) is 11.9. The van der Waals surface area contributed by atoms with E-state index in [2.05, 4.69) is 25.9 Å². The van der Waals surface area contributed by atoms with Gasteiger partial charge < -0.3 is 0 Å². The number of pyridine rings is 2. The third kappa shape index (κ3) is 4.21. The zero-order valence-electron chi connectivity index (χ0n) is 9.49. The standard InChI is InChI=1S/C12H8BrF3N2S/c13-9-2-3-10(17-6-9)7-19-11-4-1-8(5-18-11)12(14,15)16/h1-6H,7H2. The fourth-order valence-corrected chi connectivity index (χ4v) is 2.27. The molecular formula is C12H8BrF3N2S. The van der Waals surface area contributed by atoms with Crippen LogP contribution in [0.5, 0.6) is 0 Å². The van der Waals surface area contributed by atoms with E-state index in [1.165, 1.54) is 17.8 Å². The van der Waals surface area contributed by atoms with Crippen molar-refractivity contribution < 1.29 is 13.2 Å². The molecule has 0 aliphatic rings. The predicted octanol–water partition coefficient (Wildman–Crippen LogP) is 4.55. The van der Waals surface area contributed by atoms with Crippen LogP contribution >= 0.6 is 27.7 Å². The van der Waals surface area contributed by atoms with E-state index in [-0.39, 0.29) is 0 Å². The molecule has 0 aromatic carbocycles. The topological polar surface area (TPSA) is 25.8 Å². The van der Waals surface area contributed by atoms with Crippen LogP contribution in [0.15, 0.2) is 46.2 Å². The first-order chi connectivity index (χ1) is 8.95. The molecule has 100 valence electrons.